The highest BCUT2D eigenvalue weighted by Gasteiger charge is 2.31. The lowest BCUT2D eigenvalue weighted by atomic mass is 10.1. The van der Waals surface area contributed by atoms with Crippen LogP contribution < -0.4 is 5.32 Å². The molecule has 4 nitrogen and oxygen atoms in total. The number of aromatic carboxylic acids is 1. The summed E-state index contributed by atoms with van der Waals surface area (Å²) in [6.07, 6.45) is -2.06. The topological polar surface area (TPSA) is 62.2 Å². The third-order valence-corrected chi connectivity index (χ3v) is 2.94. The molecule has 1 heterocycles. The lowest BCUT2D eigenvalue weighted by Crippen LogP contribution is -2.07. The minimum absolute atomic E-state index is 0.0307. The van der Waals surface area contributed by atoms with Crippen LogP contribution in [0.4, 0.5) is 24.5 Å². The Morgan fingerprint density at radius 2 is 1.95 bits per heavy atom. The second-order valence-corrected chi connectivity index (χ2v) is 4.45. The number of aromatic nitrogens is 1. The van der Waals surface area contributed by atoms with Crippen LogP contribution in [0.2, 0.25) is 5.02 Å². The Hall–Kier alpha value is -2.28. The van der Waals surface area contributed by atoms with Crippen LogP contribution in [0.3, 0.4) is 0 Å². The standard InChI is InChI=1S/C13H8ClF3N2O2/c14-9-2-1-7(13(15,16)17)5-10(9)19-11-6-18-4-3-8(11)12(20)21/h1-6,19H,(H,20,21). The minimum Gasteiger partial charge on any atom is -0.478 e. The molecule has 0 aliphatic carbocycles. The van der Waals surface area contributed by atoms with Gasteiger partial charge in [-0.1, -0.05) is 11.6 Å². The van der Waals surface area contributed by atoms with Crippen LogP contribution in [0.1, 0.15) is 15.9 Å². The van der Waals surface area contributed by atoms with Gasteiger partial charge in [0.25, 0.3) is 0 Å². The van der Waals surface area contributed by atoms with Crippen LogP contribution in [0, 0.1) is 0 Å². The molecule has 1 aromatic heterocycles. The average molecular weight is 317 g/mol. The Bertz CT molecular complexity index is 689. The Labute approximate surface area is 122 Å². The molecule has 0 saturated heterocycles. The molecular weight excluding hydrogens is 309 g/mol. The average Bonchev–Trinajstić information content (AvgIpc) is 2.40. The van der Waals surface area contributed by atoms with Gasteiger partial charge in [0, 0.05) is 6.20 Å². The SMILES string of the molecule is O=C(O)c1ccncc1Nc1cc(C(F)(F)F)ccc1Cl. The van der Waals surface area contributed by atoms with Crippen molar-refractivity contribution in [1.82, 2.24) is 4.98 Å². The van der Waals surface area contributed by atoms with Gasteiger partial charge >= 0.3 is 12.1 Å². The molecule has 0 radical (unpaired) electrons. The van der Waals surface area contributed by atoms with Crippen LogP contribution in [-0.4, -0.2) is 16.1 Å². The molecule has 0 aliphatic rings. The molecule has 0 saturated carbocycles. The normalized spacial score (nSPS) is 11.2. The van der Waals surface area contributed by atoms with E-state index >= 15 is 0 Å². The molecule has 1 aromatic carbocycles. The highest BCUT2D eigenvalue weighted by molar-refractivity contribution is 6.33. The number of nitrogens with zero attached hydrogens (tertiary/aromatic N) is 1. The first-order chi connectivity index (χ1) is 9.79. The molecule has 2 rings (SSSR count). The summed E-state index contributed by atoms with van der Waals surface area (Å²) in [7, 11) is 0. The van der Waals surface area contributed by atoms with Gasteiger partial charge in [-0.2, -0.15) is 13.2 Å². The highest BCUT2D eigenvalue weighted by atomic mass is 35.5. The van der Waals surface area contributed by atoms with E-state index in [1.807, 2.05) is 0 Å². The number of hydrogen-bond donors (Lipinski definition) is 2. The molecule has 110 valence electrons. The number of carboxylic acids is 1. The molecule has 8 heteroatoms. The maximum absolute atomic E-state index is 12.7. The summed E-state index contributed by atoms with van der Waals surface area (Å²) in [5.41, 5.74) is -1.03. The van der Waals surface area contributed by atoms with Gasteiger partial charge in [-0.3, -0.25) is 4.98 Å². The molecule has 0 spiro atoms. The summed E-state index contributed by atoms with van der Waals surface area (Å²) in [6, 6.07) is 3.96. The Kier molecular flexibility index (Phi) is 4.04. The monoisotopic (exact) mass is 316 g/mol. The molecular formula is C13H8ClF3N2O2. The lowest BCUT2D eigenvalue weighted by Gasteiger charge is -2.13. The van der Waals surface area contributed by atoms with Crippen molar-refractivity contribution in [3.05, 3.63) is 52.8 Å². The number of alkyl halides is 3. The minimum atomic E-state index is -4.52. The van der Waals surface area contributed by atoms with Gasteiger partial charge in [-0.25, -0.2) is 4.79 Å². The first-order valence-electron chi connectivity index (χ1n) is 5.60. The third-order valence-electron chi connectivity index (χ3n) is 2.61. The molecule has 0 atom stereocenters. The Balaban J connectivity index is 2.43. The fourth-order valence-electron chi connectivity index (χ4n) is 1.62. The van der Waals surface area contributed by atoms with Crippen LogP contribution >= 0.6 is 11.6 Å². The van der Waals surface area contributed by atoms with Crippen molar-refractivity contribution in [2.45, 2.75) is 6.18 Å². The van der Waals surface area contributed by atoms with Gasteiger partial charge in [0.1, 0.15) is 0 Å². The molecule has 0 unspecified atom stereocenters. The highest BCUT2D eigenvalue weighted by Crippen LogP contribution is 2.35. The van der Waals surface area contributed by atoms with Crippen molar-refractivity contribution in [3.8, 4) is 0 Å². The first-order valence-corrected chi connectivity index (χ1v) is 5.98. The van der Waals surface area contributed by atoms with Crippen molar-refractivity contribution in [3.63, 3.8) is 0 Å². The number of anilines is 2. The lowest BCUT2D eigenvalue weighted by molar-refractivity contribution is -0.137. The number of halogens is 4. The molecule has 0 bridgehead atoms. The van der Waals surface area contributed by atoms with Crippen molar-refractivity contribution >= 4 is 28.9 Å². The summed E-state index contributed by atoms with van der Waals surface area (Å²) in [4.78, 5) is 14.8. The number of hydrogen-bond acceptors (Lipinski definition) is 3. The van der Waals surface area contributed by atoms with Crippen molar-refractivity contribution < 1.29 is 23.1 Å². The van der Waals surface area contributed by atoms with E-state index in [4.69, 9.17) is 16.7 Å². The molecule has 21 heavy (non-hydrogen) atoms. The number of rotatable bonds is 3. The second-order valence-electron chi connectivity index (χ2n) is 4.04. The number of benzene rings is 1. The van der Waals surface area contributed by atoms with E-state index < -0.39 is 17.7 Å². The number of nitrogens with one attached hydrogen (secondary N) is 1. The molecule has 0 amide bonds. The van der Waals surface area contributed by atoms with Gasteiger partial charge < -0.3 is 10.4 Å². The van der Waals surface area contributed by atoms with E-state index in [9.17, 15) is 18.0 Å². The number of pyridine rings is 1. The zero-order valence-electron chi connectivity index (χ0n) is 10.3. The summed E-state index contributed by atoms with van der Waals surface area (Å²) >= 11 is 5.83. The van der Waals surface area contributed by atoms with Gasteiger partial charge in [0.05, 0.1) is 33.7 Å². The van der Waals surface area contributed by atoms with Gasteiger partial charge in [0.15, 0.2) is 0 Å². The summed E-state index contributed by atoms with van der Waals surface area (Å²) in [6.45, 7) is 0. The van der Waals surface area contributed by atoms with Crippen molar-refractivity contribution in [2.24, 2.45) is 0 Å². The Morgan fingerprint density at radius 1 is 1.24 bits per heavy atom. The first kappa shape index (κ1) is 15.1. The zero-order chi connectivity index (χ0) is 15.6. The maximum atomic E-state index is 12.7. The second kappa shape index (κ2) is 5.61. The fraction of sp³-hybridized carbons (Fsp3) is 0.0769. The van der Waals surface area contributed by atoms with Crippen LogP contribution in [0.5, 0.6) is 0 Å². The molecule has 0 fully saturated rings. The van der Waals surface area contributed by atoms with Crippen LogP contribution in [-0.2, 0) is 6.18 Å². The van der Waals surface area contributed by atoms with E-state index in [1.165, 1.54) is 18.5 Å². The van der Waals surface area contributed by atoms with Gasteiger partial charge in [-0.15, -0.1) is 0 Å². The summed E-state index contributed by atoms with van der Waals surface area (Å²) < 4.78 is 38.0. The van der Waals surface area contributed by atoms with Gasteiger partial charge in [-0.05, 0) is 24.3 Å². The molecule has 2 aromatic rings. The predicted molar refractivity (Wildman–Crippen MR) is 70.9 cm³/mol. The number of carbonyl (C=O) groups is 1. The van der Waals surface area contributed by atoms with Crippen molar-refractivity contribution in [1.29, 1.82) is 0 Å². The smallest absolute Gasteiger partial charge is 0.416 e. The van der Waals surface area contributed by atoms with E-state index in [0.717, 1.165) is 18.2 Å². The van der Waals surface area contributed by atoms with Crippen LogP contribution in [0.15, 0.2) is 36.7 Å². The third kappa shape index (κ3) is 3.43. The predicted octanol–water partition coefficient (Wildman–Crippen LogP) is 4.20. The fourth-order valence-corrected chi connectivity index (χ4v) is 1.79. The van der Waals surface area contributed by atoms with E-state index in [1.54, 1.807) is 0 Å². The van der Waals surface area contributed by atoms with Gasteiger partial charge in [0.2, 0.25) is 0 Å². The number of carboxylic acid groups (broad SMARTS) is 1. The summed E-state index contributed by atoms with van der Waals surface area (Å²) in [5.74, 6) is -1.23. The quantitative estimate of drug-likeness (QED) is 0.891. The molecule has 0 aliphatic heterocycles. The largest absolute Gasteiger partial charge is 0.478 e. The summed E-state index contributed by atoms with van der Waals surface area (Å²) in [5, 5.41) is 11.6. The van der Waals surface area contributed by atoms with E-state index in [-0.39, 0.29) is 22.0 Å². The van der Waals surface area contributed by atoms with E-state index in [0.29, 0.717) is 0 Å². The molecule has 2 N–H and O–H groups in total. The maximum Gasteiger partial charge on any atom is 0.416 e. The Morgan fingerprint density at radius 3 is 2.57 bits per heavy atom. The zero-order valence-corrected chi connectivity index (χ0v) is 11.0. The van der Waals surface area contributed by atoms with Crippen molar-refractivity contribution in [2.75, 3.05) is 5.32 Å². The van der Waals surface area contributed by atoms with E-state index in [2.05, 4.69) is 10.3 Å². The van der Waals surface area contributed by atoms with Crippen LogP contribution in [0.25, 0.3) is 0 Å².